The van der Waals surface area contributed by atoms with Gasteiger partial charge in [0.05, 0.1) is 0 Å². The molecule has 0 saturated heterocycles. The van der Waals surface area contributed by atoms with E-state index in [2.05, 4.69) is 23.5 Å². The highest BCUT2D eigenvalue weighted by Crippen LogP contribution is 2.16. The van der Waals surface area contributed by atoms with Crippen LogP contribution < -0.4 is 5.32 Å². The van der Waals surface area contributed by atoms with Crippen molar-refractivity contribution in [1.82, 2.24) is 0 Å². The number of rotatable bonds is 0. The molecule has 1 aliphatic rings. The molecule has 1 N–H and O–H groups in total. The van der Waals surface area contributed by atoms with E-state index < -0.39 is 0 Å². The summed E-state index contributed by atoms with van der Waals surface area (Å²) in [5.74, 6) is 0. The van der Waals surface area contributed by atoms with Crippen LogP contribution in [0.2, 0.25) is 0 Å². The largest absolute Gasteiger partial charge is 0.361 e. The van der Waals surface area contributed by atoms with E-state index in [-0.39, 0.29) is 0 Å². The lowest BCUT2D eigenvalue weighted by Crippen LogP contribution is -1.89. The second kappa shape index (κ2) is 5.01. The maximum absolute atomic E-state index is 3.25. The van der Waals surface area contributed by atoms with Gasteiger partial charge in [-0.1, -0.05) is 54.7 Å². The summed E-state index contributed by atoms with van der Waals surface area (Å²) in [4.78, 5) is 0. The lowest BCUT2D eigenvalue weighted by atomic mass is 10.1. The third kappa shape index (κ3) is 2.71. The SMILES string of the molecule is C1=C/C=C\Nc2ccccc2/C=C\C=C1. The molecule has 1 heteroatoms. The zero-order valence-corrected chi connectivity index (χ0v) is 8.43. The lowest BCUT2D eigenvalue weighted by Gasteiger charge is -2.04. The Morgan fingerprint density at radius 2 is 1.47 bits per heavy atom. The van der Waals surface area contributed by atoms with Gasteiger partial charge in [0.25, 0.3) is 0 Å². The van der Waals surface area contributed by atoms with E-state index in [4.69, 9.17) is 0 Å². The van der Waals surface area contributed by atoms with Crippen LogP contribution in [0.15, 0.2) is 66.9 Å². The van der Waals surface area contributed by atoms with Gasteiger partial charge in [-0.15, -0.1) is 0 Å². The average Bonchev–Trinajstić information content (AvgIpc) is 2.32. The number of allylic oxidation sites excluding steroid dienone is 6. The van der Waals surface area contributed by atoms with Crippen LogP contribution in [0, 0.1) is 0 Å². The first-order chi connectivity index (χ1) is 7.47. The van der Waals surface area contributed by atoms with Crippen molar-refractivity contribution in [2.45, 2.75) is 0 Å². The molecule has 1 nitrogen and oxygen atoms in total. The van der Waals surface area contributed by atoms with Gasteiger partial charge in [-0.05, 0) is 17.7 Å². The Bertz CT molecular complexity index is 436. The number of fused-ring (bicyclic) bond motifs is 1. The van der Waals surface area contributed by atoms with Gasteiger partial charge in [-0.3, -0.25) is 0 Å². The highest BCUT2D eigenvalue weighted by Gasteiger charge is 1.94. The molecule has 0 fully saturated rings. The molecule has 0 atom stereocenters. The molecule has 74 valence electrons. The molecule has 1 aromatic rings. The molecule has 1 aliphatic heterocycles. The smallest absolute Gasteiger partial charge is 0.0453 e. The van der Waals surface area contributed by atoms with Gasteiger partial charge in [0.1, 0.15) is 0 Å². The molecule has 0 unspecified atom stereocenters. The summed E-state index contributed by atoms with van der Waals surface area (Å²) in [5, 5.41) is 3.25. The molecule has 0 aliphatic carbocycles. The number of nitrogens with one attached hydrogen (secondary N) is 1. The molecular weight excluding hydrogens is 182 g/mol. The summed E-state index contributed by atoms with van der Waals surface area (Å²) in [6.07, 6.45) is 16.1. The summed E-state index contributed by atoms with van der Waals surface area (Å²) in [6, 6.07) is 8.22. The molecule has 15 heavy (non-hydrogen) atoms. The summed E-state index contributed by atoms with van der Waals surface area (Å²) < 4.78 is 0. The zero-order chi connectivity index (χ0) is 10.3. The quantitative estimate of drug-likeness (QED) is 0.664. The van der Waals surface area contributed by atoms with Gasteiger partial charge >= 0.3 is 0 Å². The molecule has 0 radical (unpaired) electrons. The normalized spacial score (nSPS) is 18.4. The standard InChI is InChI=1S/C14H13N/c1-2-4-8-12-15-14-11-7-6-10-13(14)9-5-3-1/h1-12,15H/b3-1?,4-2?,9-5-,12-8-. The van der Waals surface area contributed by atoms with Crippen LogP contribution in [0.5, 0.6) is 0 Å². The Hall–Kier alpha value is -2.02. The second-order valence-corrected chi connectivity index (χ2v) is 3.22. The second-order valence-electron chi connectivity index (χ2n) is 3.22. The van der Waals surface area contributed by atoms with E-state index in [1.807, 2.05) is 54.8 Å². The van der Waals surface area contributed by atoms with Gasteiger partial charge in [0.2, 0.25) is 0 Å². The zero-order valence-electron chi connectivity index (χ0n) is 8.43. The molecule has 0 bridgehead atoms. The van der Waals surface area contributed by atoms with Crippen LogP contribution >= 0.6 is 0 Å². The highest BCUT2D eigenvalue weighted by molar-refractivity contribution is 5.68. The fourth-order valence-corrected chi connectivity index (χ4v) is 1.38. The minimum absolute atomic E-state index is 1.12. The molecule has 0 spiro atoms. The Kier molecular flexibility index (Phi) is 3.18. The fourth-order valence-electron chi connectivity index (χ4n) is 1.38. The summed E-state index contributed by atoms with van der Waals surface area (Å²) in [6.45, 7) is 0. The summed E-state index contributed by atoms with van der Waals surface area (Å²) >= 11 is 0. The number of benzene rings is 1. The molecule has 1 heterocycles. The van der Waals surface area contributed by atoms with Gasteiger partial charge < -0.3 is 5.32 Å². The number of anilines is 1. The Balaban J connectivity index is 2.36. The number of para-hydroxylation sites is 1. The Morgan fingerprint density at radius 1 is 0.733 bits per heavy atom. The van der Waals surface area contributed by atoms with Crippen molar-refractivity contribution in [2.24, 2.45) is 0 Å². The predicted octanol–water partition coefficient (Wildman–Crippen LogP) is 3.75. The summed E-state index contributed by atoms with van der Waals surface area (Å²) in [5.41, 5.74) is 2.31. The lowest BCUT2D eigenvalue weighted by molar-refractivity contribution is 1.55. The molecular formula is C14H13N. The van der Waals surface area contributed by atoms with Crippen molar-refractivity contribution in [3.05, 3.63) is 72.5 Å². The Morgan fingerprint density at radius 3 is 2.40 bits per heavy atom. The maximum atomic E-state index is 3.25. The topological polar surface area (TPSA) is 12.0 Å². The molecule has 0 aromatic heterocycles. The third-order valence-electron chi connectivity index (χ3n) is 2.13. The van der Waals surface area contributed by atoms with Gasteiger partial charge in [0, 0.05) is 11.9 Å². The van der Waals surface area contributed by atoms with Crippen LogP contribution in [-0.4, -0.2) is 0 Å². The minimum atomic E-state index is 1.12. The molecule has 2 rings (SSSR count). The first kappa shape index (κ1) is 9.53. The van der Waals surface area contributed by atoms with Crippen LogP contribution in [0.4, 0.5) is 5.69 Å². The van der Waals surface area contributed by atoms with Crippen LogP contribution in [-0.2, 0) is 0 Å². The van der Waals surface area contributed by atoms with E-state index in [0.717, 1.165) is 5.69 Å². The van der Waals surface area contributed by atoms with Gasteiger partial charge in [-0.25, -0.2) is 0 Å². The van der Waals surface area contributed by atoms with E-state index in [0.29, 0.717) is 0 Å². The van der Waals surface area contributed by atoms with Gasteiger partial charge in [-0.2, -0.15) is 0 Å². The van der Waals surface area contributed by atoms with Crippen molar-refractivity contribution in [1.29, 1.82) is 0 Å². The summed E-state index contributed by atoms with van der Waals surface area (Å²) in [7, 11) is 0. The van der Waals surface area contributed by atoms with Crippen LogP contribution in [0.1, 0.15) is 5.56 Å². The van der Waals surface area contributed by atoms with Crippen molar-refractivity contribution >= 4 is 11.8 Å². The first-order valence-electron chi connectivity index (χ1n) is 4.99. The van der Waals surface area contributed by atoms with Gasteiger partial charge in [0.15, 0.2) is 0 Å². The third-order valence-corrected chi connectivity index (χ3v) is 2.13. The Labute approximate surface area is 90.1 Å². The molecule has 0 amide bonds. The number of hydrogen-bond donors (Lipinski definition) is 1. The van der Waals surface area contributed by atoms with Crippen molar-refractivity contribution in [3.63, 3.8) is 0 Å². The predicted molar refractivity (Wildman–Crippen MR) is 66.5 cm³/mol. The maximum Gasteiger partial charge on any atom is 0.0453 e. The van der Waals surface area contributed by atoms with Crippen LogP contribution in [0.3, 0.4) is 0 Å². The monoisotopic (exact) mass is 195 g/mol. The van der Waals surface area contributed by atoms with Crippen molar-refractivity contribution in [3.8, 4) is 0 Å². The minimum Gasteiger partial charge on any atom is -0.361 e. The van der Waals surface area contributed by atoms with E-state index in [1.165, 1.54) is 5.56 Å². The van der Waals surface area contributed by atoms with E-state index in [9.17, 15) is 0 Å². The first-order valence-corrected chi connectivity index (χ1v) is 4.99. The van der Waals surface area contributed by atoms with E-state index >= 15 is 0 Å². The van der Waals surface area contributed by atoms with Crippen molar-refractivity contribution < 1.29 is 0 Å². The molecule has 1 aromatic carbocycles. The van der Waals surface area contributed by atoms with Crippen LogP contribution in [0.25, 0.3) is 6.08 Å². The van der Waals surface area contributed by atoms with Crippen molar-refractivity contribution in [2.75, 3.05) is 5.32 Å². The number of hydrogen-bond acceptors (Lipinski definition) is 1. The molecule has 0 saturated carbocycles. The average molecular weight is 195 g/mol. The fraction of sp³-hybridized carbons (Fsp3) is 0. The van der Waals surface area contributed by atoms with E-state index in [1.54, 1.807) is 0 Å². The highest BCUT2D eigenvalue weighted by atomic mass is 14.8.